The third-order valence-corrected chi connectivity index (χ3v) is 3.25. The maximum absolute atomic E-state index is 11.6. The summed E-state index contributed by atoms with van der Waals surface area (Å²) in [5, 5.41) is 6.68. The highest BCUT2D eigenvalue weighted by molar-refractivity contribution is 6.30. The van der Waals surface area contributed by atoms with E-state index in [4.69, 9.17) is 11.6 Å². The SMILES string of the molecule is Cc1ccc(Cl)cc1Nc1ccc(NC(=O)C(C)C)cn1. The van der Waals surface area contributed by atoms with E-state index < -0.39 is 0 Å². The van der Waals surface area contributed by atoms with Crippen LogP contribution in [0.2, 0.25) is 5.02 Å². The van der Waals surface area contributed by atoms with Gasteiger partial charge in [0.25, 0.3) is 0 Å². The lowest BCUT2D eigenvalue weighted by molar-refractivity contribution is -0.118. The van der Waals surface area contributed by atoms with Crippen molar-refractivity contribution >= 4 is 34.7 Å². The Balaban J connectivity index is 2.09. The molecule has 0 spiro atoms. The Morgan fingerprint density at radius 3 is 2.62 bits per heavy atom. The monoisotopic (exact) mass is 303 g/mol. The number of pyridine rings is 1. The van der Waals surface area contributed by atoms with Crippen LogP contribution in [0.1, 0.15) is 19.4 Å². The van der Waals surface area contributed by atoms with Gasteiger partial charge in [-0.3, -0.25) is 4.79 Å². The zero-order chi connectivity index (χ0) is 15.4. The van der Waals surface area contributed by atoms with Gasteiger partial charge < -0.3 is 10.6 Å². The van der Waals surface area contributed by atoms with Crippen molar-refractivity contribution in [2.75, 3.05) is 10.6 Å². The molecule has 1 heterocycles. The first-order valence-electron chi connectivity index (χ1n) is 6.76. The van der Waals surface area contributed by atoms with Crippen LogP contribution in [-0.4, -0.2) is 10.9 Å². The Kier molecular flexibility index (Phi) is 4.81. The van der Waals surface area contributed by atoms with Crippen molar-refractivity contribution in [1.29, 1.82) is 0 Å². The van der Waals surface area contributed by atoms with Gasteiger partial charge in [-0.05, 0) is 36.8 Å². The van der Waals surface area contributed by atoms with Gasteiger partial charge >= 0.3 is 0 Å². The van der Waals surface area contributed by atoms with Gasteiger partial charge in [-0.15, -0.1) is 0 Å². The van der Waals surface area contributed by atoms with Gasteiger partial charge in [0, 0.05) is 16.6 Å². The zero-order valence-electron chi connectivity index (χ0n) is 12.3. The molecule has 0 fully saturated rings. The molecule has 0 unspecified atom stereocenters. The van der Waals surface area contributed by atoms with E-state index in [0.717, 1.165) is 11.3 Å². The lowest BCUT2D eigenvalue weighted by Crippen LogP contribution is -2.17. The number of anilines is 3. The Morgan fingerprint density at radius 2 is 2.00 bits per heavy atom. The molecule has 0 aliphatic heterocycles. The van der Waals surface area contributed by atoms with Gasteiger partial charge in [-0.25, -0.2) is 4.98 Å². The van der Waals surface area contributed by atoms with Gasteiger partial charge in [0.1, 0.15) is 5.82 Å². The van der Waals surface area contributed by atoms with Crippen molar-refractivity contribution in [1.82, 2.24) is 4.98 Å². The summed E-state index contributed by atoms with van der Waals surface area (Å²) in [5.41, 5.74) is 2.68. The molecule has 0 aliphatic rings. The molecule has 0 radical (unpaired) electrons. The second-order valence-corrected chi connectivity index (χ2v) is 5.60. The van der Waals surface area contributed by atoms with E-state index in [9.17, 15) is 4.79 Å². The molecule has 1 aromatic carbocycles. The van der Waals surface area contributed by atoms with Crippen LogP contribution in [0.3, 0.4) is 0 Å². The van der Waals surface area contributed by atoms with E-state index in [-0.39, 0.29) is 11.8 Å². The summed E-state index contributed by atoms with van der Waals surface area (Å²) in [7, 11) is 0. The van der Waals surface area contributed by atoms with Crippen molar-refractivity contribution in [2.45, 2.75) is 20.8 Å². The summed E-state index contributed by atoms with van der Waals surface area (Å²) >= 11 is 5.99. The summed E-state index contributed by atoms with van der Waals surface area (Å²) in [4.78, 5) is 15.9. The lowest BCUT2D eigenvalue weighted by atomic mass is 10.2. The molecule has 2 rings (SSSR count). The van der Waals surface area contributed by atoms with Crippen molar-refractivity contribution < 1.29 is 4.79 Å². The van der Waals surface area contributed by atoms with Crippen LogP contribution >= 0.6 is 11.6 Å². The molecule has 5 heteroatoms. The van der Waals surface area contributed by atoms with Gasteiger partial charge in [0.2, 0.25) is 5.91 Å². The highest BCUT2D eigenvalue weighted by Crippen LogP contribution is 2.23. The zero-order valence-corrected chi connectivity index (χ0v) is 13.0. The number of aryl methyl sites for hydroxylation is 1. The minimum absolute atomic E-state index is 0.0248. The van der Waals surface area contributed by atoms with E-state index in [1.54, 1.807) is 6.20 Å². The number of aromatic nitrogens is 1. The first-order valence-corrected chi connectivity index (χ1v) is 7.13. The summed E-state index contributed by atoms with van der Waals surface area (Å²) in [6, 6.07) is 9.28. The average molecular weight is 304 g/mol. The molecule has 2 N–H and O–H groups in total. The van der Waals surface area contributed by atoms with Gasteiger partial charge in [0.15, 0.2) is 0 Å². The van der Waals surface area contributed by atoms with E-state index in [1.807, 2.05) is 51.1 Å². The fraction of sp³-hybridized carbons (Fsp3) is 0.250. The first kappa shape index (κ1) is 15.3. The molecule has 0 bridgehead atoms. The number of hydrogen-bond acceptors (Lipinski definition) is 3. The molecule has 1 aromatic heterocycles. The highest BCUT2D eigenvalue weighted by Gasteiger charge is 2.07. The number of halogens is 1. The minimum atomic E-state index is -0.0584. The maximum Gasteiger partial charge on any atom is 0.226 e. The number of carbonyl (C=O) groups is 1. The van der Waals surface area contributed by atoms with Crippen LogP contribution < -0.4 is 10.6 Å². The van der Waals surface area contributed by atoms with E-state index in [0.29, 0.717) is 16.5 Å². The van der Waals surface area contributed by atoms with Crippen molar-refractivity contribution in [3.05, 3.63) is 47.1 Å². The quantitative estimate of drug-likeness (QED) is 0.881. The van der Waals surface area contributed by atoms with Crippen LogP contribution in [0.5, 0.6) is 0 Å². The Morgan fingerprint density at radius 1 is 1.24 bits per heavy atom. The second-order valence-electron chi connectivity index (χ2n) is 5.16. The Labute approximate surface area is 129 Å². The number of hydrogen-bond donors (Lipinski definition) is 2. The predicted octanol–water partition coefficient (Wildman–Crippen LogP) is 4.38. The molecule has 0 saturated carbocycles. The molecule has 4 nitrogen and oxygen atoms in total. The van der Waals surface area contributed by atoms with Crippen LogP contribution in [0.25, 0.3) is 0 Å². The predicted molar refractivity (Wildman–Crippen MR) is 87.2 cm³/mol. The molecule has 21 heavy (non-hydrogen) atoms. The highest BCUT2D eigenvalue weighted by atomic mass is 35.5. The fourth-order valence-electron chi connectivity index (χ4n) is 1.70. The van der Waals surface area contributed by atoms with E-state index in [2.05, 4.69) is 15.6 Å². The van der Waals surface area contributed by atoms with Crippen molar-refractivity contribution in [3.63, 3.8) is 0 Å². The van der Waals surface area contributed by atoms with Crippen LogP contribution in [-0.2, 0) is 4.79 Å². The second kappa shape index (κ2) is 6.59. The summed E-state index contributed by atoms with van der Waals surface area (Å²) in [6.45, 7) is 5.69. The normalized spacial score (nSPS) is 10.5. The molecule has 0 atom stereocenters. The van der Waals surface area contributed by atoms with Gasteiger partial charge in [0.05, 0.1) is 11.9 Å². The minimum Gasteiger partial charge on any atom is -0.340 e. The summed E-state index contributed by atoms with van der Waals surface area (Å²) < 4.78 is 0. The first-order chi connectivity index (χ1) is 9.95. The van der Waals surface area contributed by atoms with Gasteiger partial charge in [-0.2, -0.15) is 0 Å². The number of rotatable bonds is 4. The van der Waals surface area contributed by atoms with Crippen LogP contribution in [0.15, 0.2) is 36.5 Å². The van der Waals surface area contributed by atoms with Crippen LogP contribution in [0, 0.1) is 12.8 Å². The third-order valence-electron chi connectivity index (χ3n) is 3.02. The summed E-state index contributed by atoms with van der Waals surface area (Å²) in [5.74, 6) is 0.614. The number of amides is 1. The average Bonchev–Trinajstić information content (AvgIpc) is 2.45. The molecular formula is C16H18ClN3O. The topological polar surface area (TPSA) is 54.0 Å². The van der Waals surface area contributed by atoms with Crippen molar-refractivity contribution in [3.8, 4) is 0 Å². The molecular weight excluding hydrogens is 286 g/mol. The van der Waals surface area contributed by atoms with E-state index in [1.165, 1.54) is 0 Å². The standard InChI is InChI=1S/C16H18ClN3O/c1-10(2)16(21)19-13-6-7-15(18-9-13)20-14-8-12(17)5-4-11(14)3/h4-10H,1-3H3,(H,18,20)(H,19,21). The van der Waals surface area contributed by atoms with Crippen LogP contribution in [0.4, 0.5) is 17.2 Å². The Bertz CT molecular complexity index is 638. The number of nitrogens with one attached hydrogen (secondary N) is 2. The fourth-order valence-corrected chi connectivity index (χ4v) is 1.87. The van der Waals surface area contributed by atoms with E-state index >= 15 is 0 Å². The van der Waals surface area contributed by atoms with Crippen molar-refractivity contribution in [2.24, 2.45) is 5.92 Å². The largest absolute Gasteiger partial charge is 0.340 e. The number of benzene rings is 1. The Hall–Kier alpha value is -2.07. The van der Waals surface area contributed by atoms with Gasteiger partial charge in [-0.1, -0.05) is 31.5 Å². The third kappa shape index (κ3) is 4.20. The molecule has 1 amide bonds. The maximum atomic E-state index is 11.6. The smallest absolute Gasteiger partial charge is 0.226 e. The number of carbonyl (C=O) groups excluding carboxylic acids is 1. The lowest BCUT2D eigenvalue weighted by Gasteiger charge is -2.11. The number of nitrogens with zero attached hydrogens (tertiary/aromatic N) is 1. The molecule has 110 valence electrons. The summed E-state index contributed by atoms with van der Waals surface area (Å²) in [6.07, 6.45) is 1.63. The molecule has 2 aromatic rings. The molecule has 0 saturated heterocycles. The molecule has 0 aliphatic carbocycles.